The van der Waals surface area contributed by atoms with E-state index in [2.05, 4.69) is 5.32 Å². The van der Waals surface area contributed by atoms with Crippen LogP contribution >= 0.6 is 0 Å². The number of anilines is 1. The Balaban J connectivity index is 1.80. The number of nitrogens with one attached hydrogen (secondary N) is 1. The van der Waals surface area contributed by atoms with Gasteiger partial charge < -0.3 is 14.8 Å². The van der Waals surface area contributed by atoms with Crippen molar-refractivity contribution in [2.75, 3.05) is 44.3 Å². The van der Waals surface area contributed by atoms with Crippen molar-refractivity contribution in [1.82, 2.24) is 9.62 Å². The molecule has 0 bridgehead atoms. The van der Waals surface area contributed by atoms with Gasteiger partial charge in [-0.2, -0.15) is 4.31 Å². The maximum absolute atomic E-state index is 12.8. The maximum Gasteiger partial charge on any atom is 0.265 e. The van der Waals surface area contributed by atoms with Crippen LogP contribution in [0.1, 0.15) is 26.7 Å². The minimum absolute atomic E-state index is 0.00237. The largest absolute Gasteiger partial charge is 0.482 e. The smallest absolute Gasteiger partial charge is 0.265 e. The molecular weight excluding hydrogens is 398 g/mol. The molecule has 1 aromatic carbocycles. The van der Waals surface area contributed by atoms with Crippen LogP contribution in [0.2, 0.25) is 0 Å². The Morgan fingerprint density at radius 3 is 2.72 bits per heavy atom. The fraction of sp³-hybridized carbons (Fsp3) is 0.579. The van der Waals surface area contributed by atoms with Crippen LogP contribution in [0.15, 0.2) is 23.1 Å². The Bertz CT molecular complexity index is 863. The molecule has 1 aromatic rings. The number of ether oxygens (including phenoxy) is 2. The summed E-state index contributed by atoms with van der Waals surface area (Å²) < 4.78 is 37.9. The van der Waals surface area contributed by atoms with Gasteiger partial charge in [-0.15, -0.1) is 0 Å². The molecule has 0 spiro atoms. The second-order valence-electron chi connectivity index (χ2n) is 6.93. The summed E-state index contributed by atoms with van der Waals surface area (Å²) in [6.45, 7) is 4.86. The maximum atomic E-state index is 12.8. The summed E-state index contributed by atoms with van der Waals surface area (Å²) in [5.74, 6) is -0.365. The van der Waals surface area contributed by atoms with Crippen LogP contribution in [0, 0.1) is 0 Å². The Labute approximate surface area is 171 Å². The van der Waals surface area contributed by atoms with Crippen molar-refractivity contribution in [3.05, 3.63) is 18.2 Å². The van der Waals surface area contributed by atoms with Gasteiger partial charge >= 0.3 is 0 Å². The number of hydrogen-bond donors (Lipinski definition) is 1. The first-order valence-corrected chi connectivity index (χ1v) is 11.3. The number of nitrogens with zero attached hydrogens (tertiary/aromatic N) is 2. The fourth-order valence-corrected chi connectivity index (χ4v) is 4.94. The molecule has 160 valence electrons. The minimum Gasteiger partial charge on any atom is -0.482 e. The Kier molecular flexibility index (Phi) is 6.76. The third-order valence-electron chi connectivity index (χ3n) is 5.07. The number of carbonyl (C=O) groups is 2. The highest BCUT2D eigenvalue weighted by Gasteiger charge is 2.30. The second-order valence-corrected chi connectivity index (χ2v) is 8.86. The monoisotopic (exact) mass is 425 g/mol. The first kappa shape index (κ1) is 21.5. The molecule has 0 aliphatic carbocycles. The molecule has 1 atom stereocenters. The predicted octanol–water partition coefficient (Wildman–Crippen LogP) is 0.738. The van der Waals surface area contributed by atoms with Crippen LogP contribution in [-0.4, -0.2) is 70.0 Å². The van der Waals surface area contributed by atoms with Crippen LogP contribution in [0.25, 0.3) is 0 Å². The zero-order chi connectivity index (χ0) is 21.0. The number of fused-ring (bicyclic) bond motifs is 1. The molecule has 0 aromatic heterocycles. The van der Waals surface area contributed by atoms with Crippen molar-refractivity contribution in [2.45, 2.75) is 37.7 Å². The molecule has 1 fully saturated rings. The summed E-state index contributed by atoms with van der Waals surface area (Å²) in [6.07, 6.45) is 1.86. The van der Waals surface area contributed by atoms with E-state index in [0.717, 1.165) is 12.8 Å². The molecule has 29 heavy (non-hydrogen) atoms. The van der Waals surface area contributed by atoms with E-state index >= 15 is 0 Å². The van der Waals surface area contributed by atoms with E-state index in [1.807, 2.05) is 0 Å². The van der Waals surface area contributed by atoms with Crippen molar-refractivity contribution < 1.29 is 27.5 Å². The molecule has 10 heteroatoms. The van der Waals surface area contributed by atoms with Crippen molar-refractivity contribution >= 4 is 27.5 Å². The van der Waals surface area contributed by atoms with Crippen molar-refractivity contribution in [1.29, 1.82) is 0 Å². The number of carbonyl (C=O) groups excluding carboxylic acids is 2. The van der Waals surface area contributed by atoms with Crippen LogP contribution in [0.3, 0.4) is 0 Å². The fourth-order valence-electron chi connectivity index (χ4n) is 3.46. The normalized spacial score (nSPS) is 19.2. The lowest BCUT2D eigenvalue weighted by molar-refractivity contribution is -0.125. The Morgan fingerprint density at radius 2 is 2.07 bits per heavy atom. The Morgan fingerprint density at radius 1 is 1.31 bits per heavy atom. The average molecular weight is 426 g/mol. The highest BCUT2D eigenvalue weighted by atomic mass is 32.2. The van der Waals surface area contributed by atoms with E-state index in [-0.39, 0.29) is 35.7 Å². The summed E-state index contributed by atoms with van der Waals surface area (Å²) >= 11 is 0. The summed E-state index contributed by atoms with van der Waals surface area (Å²) in [6, 6.07) is 4.38. The molecule has 2 heterocycles. The molecule has 2 aliphatic heterocycles. The Hall–Kier alpha value is -2.17. The average Bonchev–Trinajstić information content (AvgIpc) is 3.22. The van der Waals surface area contributed by atoms with E-state index in [1.165, 1.54) is 27.4 Å². The van der Waals surface area contributed by atoms with Crippen LogP contribution in [-0.2, 0) is 24.3 Å². The molecule has 3 rings (SSSR count). The molecule has 0 unspecified atom stereocenters. The van der Waals surface area contributed by atoms with Gasteiger partial charge in [0.1, 0.15) is 12.3 Å². The molecule has 0 saturated carbocycles. The zero-order valence-electron chi connectivity index (χ0n) is 16.7. The summed E-state index contributed by atoms with van der Waals surface area (Å²) in [5.41, 5.74) is 0.279. The SMILES string of the molecule is CCN(CC)S(=O)(=O)c1ccc2c(c1)N(CC(=O)NC[C@H]1CCCO1)C(=O)CO2. The lowest BCUT2D eigenvalue weighted by atomic mass is 10.2. The lowest BCUT2D eigenvalue weighted by Gasteiger charge is -2.30. The highest BCUT2D eigenvalue weighted by Crippen LogP contribution is 2.34. The van der Waals surface area contributed by atoms with Gasteiger partial charge in [-0.1, -0.05) is 13.8 Å². The number of hydrogen-bond acceptors (Lipinski definition) is 6. The van der Waals surface area contributed by atoms with E-state index in [0.29, 0.717) is 32.0 Å². The van der Waals surface area contributed by atoms with Crippen LogP contribution < -0.4 is 15.0 Å². The number of amides is 2. The van der Waals surface area contributed by atoms with Gasteiger partial charge in [0.15, 0.2) is 6.61 Å². The van der Waals surface area contributed by atoms with Gasteiger partial charge in [0.05, 0.1) is 16.7 Å². The molecule has 1 saturated heterocycles. The number of sulfonamides is 1. The van der Waals surface area contributed by atoms with Gasteiger partial charge in [-0.25, -0.2) is 8.42 Å². The van der Waals surface area contributed by atoms with E-state index in [1.54, 1.807) is 13.8 Å². The summed E-state index contributed by atoms with van der Waals surface area (Å²) in [4.78, 5) is 26.1. The highest BCUT2D eigenvalue weighted by molar-refractivity contribution is 7.89. The third-order valence-corrected chi connectivity index (χ3v) is 7.12. The van der Waals surface area contributed by atoms with Gasteiger partial charge in [0, 0.05) is 26.2 Å². The molecule has 2 aliphatic rings. The zero-order valence-corrected chi connectivity index (χ0v) is 17.5. The molecular formula is C19H27N3O6S. The van der Waals surface area contributed by atoms with Crippen molar-refractivity contribution in [2.24, 2.45) is 0 Å². The molecule has 1 N–H and O–H groups in total. The van der Waals surface area contributed by atoms with E-state index in [4.69, 9.17) is 9.47 Å². The number of rotatable bonds is 8. The van der Waals surface area contributed by atoms with Crippen molar-refractivity contribution in [3.63, 3.8) is 0 Å². The van der Waals surface area contributed by atoms with Gasteiger partial charge in [0.2, 0.25) is 15.9 Å². The van der Waals surface area contributed by atoms with Crippen molar-refractivity contribution in [3.8, 4) is 5.75 Å². The van der Waals surface area contributed by atoms with Gasteiger partial charge in [-0.3, -0.25) is 14.5 Å². The van der Waals surface area contributed by atoms with Gasteiger partial charge in [-0.05, 0) is 31.0 Å². The molecule has 9 nitrogen and oxygen atoms in total. The molecule has 2 amide bonds. The summed E-state index contributed by atoms with van der Waals surface area (Å²) in [7, 11) is -3.70. The molecule has 0 radical (unpaired) electrons. The van der Waals surface area contributed by atoms with Gasteiger partial charge in [0.25, 0.3) is 5.91 Å². The van der Waals surface area contributed by atoms with E-state index in [9.17, 15) is 18.0 Å². The topological polar surface area (TPSA) is 105 Å². The lowest BCUT2D eigenvalue weighted by Crippen LogP contribution is -2.46. The minimum atomic E-state index is -3.70. The third kappa shape index (κ3) is 4.71. The first-order chi connectivity index (χ1) is 13.9. The quantitative estimate of drug-likeness (QED) is 0.659. The van der Waals surface area contributed by atoms with Crippen LogP contribution in [0.5, 0.6) is 5.75 Å². The van der Waals surface area contributed by atoms with Crippen LogP contribution in [0.4, 0.5) is 5.69 Å². The predicted molar refractivity (Wildman–Crippen MR) is 106 cm³/mol. The standard InChI is InChI=1S/C19H27N3O6S/c1-3-21(4-2)29(25,26)15-7-8-17-16(10-15)22(19(24)13-28-17)12-18(23)20-11-14-6-5-9-27-14/h7-8,10,14H,3-6,9,11-13H2,1-2H3,(H,20,23)/t14-/m1/s1. The second kappa shape index (κ2) is 9.10. The summed E-state index contributed by atoms with van der Waals surface area (Å²) in [5, 5.41) is 2.78. The first-order valence-electron chi connectivity index (χ1n) is 9.82. The number of benzene rings is 1. The van der Waals surface area contributed by atoms with E-state index < -0.39 is 15.9 Å².